The van der Waals surface area contributed by atoms with Gasteiger partial charge < -0.3 is 5.32 Å². The molecule has 8 heteroatoms. The Morgan fingerprint density at radius 1 is 1.00 bits per heavy atom. The van der Waals surface area contributed by atoms with Crippen molar-refractivity contribution in [3.8, 4) is 11.1 Å². The minimum atomic E-state index is -3.22. The van der Waals surface area contributed by atoms with E-state index in [4.69, 9.17) is 11.6 Å². The van der Waals surface area contributed by atoms with Crippen LogP contribution in [0.2, 0.25) is 5.02 Å². The predicted molar refractivity (Wildman–Crippen MR) is 106 cm³/mol. The molecular weight excluding hydrogens is 384 g/mol. The lowest BCUT2D eigenvalue weighted by atomic mass is 10.1. The van der Waals surface area contributed by atoms with Gasteiger partial charge in [0, 0.05) is 34.3 Å². The van der Waals surface area contributed by atoms with Gasteiger partial charge in [-0.05, 0) is 42.5 Å². The molecule has 0 saturated heterocycles. The van der Waals surface area contributed by atoms with Crippen molar-refractivity contribution in [1.29, 1.82) is 0 Å². The minimum absolute atomic E-state index is 0.264. The number of hydrogen-bond donors (Lipinski definition) is 1. The second kappa shape index (κ2) is 6.68. The number of hydrogen-bond acceptors (Lipinski definition) is 5. The van der Waals surface area contributed by atoms with Gasteiger partial charge in [0.25, 0.3) is 0 Å². The van der Waals surface area contributed by atoms with Crippen molar-refractivity contribution in [3.05, 3.63) is 71.9 Å². The monoisotopic (exact) mass is 398 g/mol. The zero-order valence-corrected chi connectivity index (χ0v) is 15.9. The summed E-state index contributed by atoms with van der Waals surface area (Å²) in [5.74, 6) is 0.415. The highest BCUT2D eigenvalue weighted by Gasteiger charge is 2.09. The molecule has 2 aromatic carbocycles. The van der Waals surface area contributed by atoms with Crippen LogP contribution in [0, 0.1) is 0 Å². The van der Waals surface area contributed by atoms with Crippen molar-refractivity contribution in [2.75, 3.05) is 11.6 Å². The molecule has 0 atom stereocenters. The third-order valence-electron chi connectivity index (χ3n) is 4.05. The summed E-state index contributed by atoms with van der Waals surface area (Å²) in [7, 11) is -3.22. The van der Waals surface area contributed by atoms with E-state index in [-0.39, 0.29) is 4.90 Å². The molecule has 0 amide bonds. The molecule has 0 saturated carbocycles. The van der Waals surface area contributed by atoms with Gasteiger partial charge in [-0.15, -0.1) is 5.10 Å². The third-order valence-corrected chi connectivity index (χ3v) is 5.51. The van der Waals surface area contributed by atoms with Gasteiger partial charge in [0.05, 0.1) is 4.90 Å². The average Bonchev–Trinajstić information content (AvgIpc) is 3.03. The molecule has 27 heavy (non-hydrogen) atoms. The number of fused-ring (bicyclic) bond motifs is 1. The van der Waals surface area contributed by atoms with Crippen LogP contribution in [0.5, 0.6) is 0 Å². The first-order valence-electron chi connectivity index (χ1n) is 8.09. The van der Waals surface area contributed by atoms with Crippen molar-refractivity contribution in [1.82, 2.24) is 14.6 Å². The van der Waals surface area contributed by atoms with Gasteiger partial charge in [-0.25, -0.2) is 12.9 Å². The first-order valence-corrected chi connectivity index (χ1v) is 10.4. The molecule has 0 aliphatic rings. The first-order chi connectivity index (χ1) is 12.9. The molecule has 0 unspecified atom stereocenters. The van der Waals surface area contributed by atoms with Crippen LogP contribution in [0.15, 0.2) is 71.8 Å². The van der Waals surface area contributed by atoms with Crippen molar-refractivity contribution in [2.45, 2.75) is 4.90 Å². The molecule has 0 fully saturated rings. The Morgan fingerprint density at radius 3 is 2.44 bits per heavy atom. The van der Waals surface area contributed by atoms with Crippen LogP contribution < -0.4 is 5.32 Å². The van der Waals surface area contributed by atoms with Crippen LogP contribution in [0.4, 0.5) is 11.6 Å². The van der Waals surface area contributed by atoms with Crippen LogP contribution in [-0.2, 0) is 9.84 Å². The molecule has 2 aromatic heterocycles. The molecule has 0 aliphatic carbocycles. The van der Waals surface area contributed by atoms with E-state index in [1.807, 2.05) is 42.6 Å². The highest BCUT2D eigenvalue weighted by atomic mass is 35.5. The van der Waals surface area contributed by atoms with Gasteiger partial charge >= 0.3 is 0 Å². The third kappa shape index (κ3) is 3.65. The second-order valence-electron chi connectivity index (χ2n) is 6.06. The van der Waals surface area contributed by atoms with Gasteiger partial charge in [-0.1, -0.05) is 29.8 Å². The summed E-state index contributed by atoms with van der Waals surface area (Å²) in [6, 6.07) is 17.9. The fraction of sp³-hybridized carbons (Fsp3) is 0.0526. The Labute approximate surface area is 161 Å². The van der Waals surface area contributed by atoms with E-state index in [1.165, 1.54) is 6.26 Å². The number of benzene rings is 2. The van der Waals surface area contributed by atoms with Crippen molar-refractivity contribution in [3.63, 3.8) is 0 Å². The molecule has 0 spiro atoms. The molecule has 6 nitrogen and oxygen atoms in total. The van der Waals surface area contributed by atoms with E-state index in [2.05, 4.69) is 15.4 Å². The fourth-order valence-electron chi connectivity index (χ4n) is 2.71. The first kappa shape index (κ1) is 17.5. The van der Waals surface area contributed by atoms with Crippen LogP contribution >= 0.6 is 11.6 Å². The fourth-order valence-corrected chi connectivity index (χ4v) is 3.58. The number of rotatable bonds is 4. The number of aromatic nitrogens is 3. The Balaban J connectivity index is 1.63. The topological polar surface area (TPSA) is 76.4 Å². The second-order valence-corrected chi connectivity index (χ2v) is 8.48. The number of sulfone groups is 1. The molecule has 0 bridgehead atoms. The lowest BCUT2D eigenvalue weighted by Crippen LogP contribution is -1.98. The van der Waals surface area contributed by atoms with Gasteiger partial charge in [-0.3, -0.25) is 0 Å². The maximum atomic E-state index is 11.5. The van der Waals surface area contributed by atoms with E-state index in [0.717, 1.165) is 11.1 Å². The standard InChI is InChI=1S/C19H15ClN4O2S/c1-27(25,26)15-9-7-14(8-10-15)21-19-22-18-11-6-13(12-24(18)23-19)16-4-2-3-5-17(16)20/h2-12H,1H3,(H,21,23). The molecule has 1 N–H and O–H groups in total. The molecule has 4 rings (SSSR count). The summed E-state index contributed by atoms with van der Waals surface area (Å²) >= 11 is 6.27. The smallest absolute Gasteiger partial charge is 0.247 e. The van der Waals surface area contributed by atoms with Crippen LogP contribution in [-0.4, -0.2) is 29.3 Å². The molecular formula is C19H15ClN4O2S. The summed E-state index contributed by atoms with van der Waals surface area (Å²) in [6.07, 6.45) is 3.04. The number of pyridine rings is 1. The number of nitrogens with zero attached hydrogens (tertiary/aromatic N) is 3. The Hall–Kier alpha value is -2.90. The zero-order chi connectivity index (χ0) is 19.0. The lowest BCUT2D eigenvalue weighted by Gasteiger charge is -2.04. The van der Waals surface area contributed by atoms with Gasteiger partial charge in [0.1, 0.15) is 0 Å². The lowest BCUT2D eigenvalue weighted by molar-refractivity contribution is 0.602. The highest BCUT2D eigenvalue weighted by molar-refractivity contribution is 7.90. The van der Waals surface area contributed by atoms with Crippen LogP contribution in [0.1, 0.15) is 0 Å². The summed E-state index contributed by atoms with van der Waals surface area (Å²) in [5, 5.41) is 8.17. The maximum absolute atomic E-state index is 11.5. The summed E-state index contributed by atoms with van der Waals surface area (Å²) < 4.78 is 24.7. The quantitative estimate of drug-likeness (QED) is 0.557. The predicted octanol–water partition coefficient (Wildman–Crippen LogP) is 4.20. The van der Waals surface area contributed by atoms with Crippen molar-refractivity contribution in [2.24, 2.45) is 0 Å². The summed E-state index contributed by atoms with van der Waals surface area (Å²) in [5.41, 5.74) is 3.23. The van der Waals surface area contributed by atoms with E-state index in [1.54, 1.807) is 28.8 Å². The van der Waals surface area contributed by atoms with Crippen molar-refractivity contribution < 1.29 is 8.42 Å². The summed E-state index contributed by atoms with van der Waals surface area (Å²) in [4.78, 5) is 4.69. The number of halogens is 1. The van der Waals surface area contributed by atoms with E-state index < -0.39 is 9.84 Å². The van der Waals surface area contributed by atoms with Gasteiger partial charge in [0.2, 0.25) is 5.95 Å². The number of anilines is 2. The Morgan fingerprint density at radius 2 is 1.74 bits per heavy atom. The summed E-state index contributed by atoms with van der Waals surface area (Å²) in [6.45, 7) is 0. The molecule has 0 radical (unpaired) electrons. The molecule has 4 aromatic rings. The maximum Gasteiger partial charge on any atom is 0.247 e. The molecule has 0 aliphatic heterocycles. The number of nitrogens with one attached hydrogen (secondary N) is 1. The average molecular weight is 399 g/mol. The van der Waals surface area contributed by atoms with Crippen molar-refractivity contribution >= 4 is 38.7 Å². The normalized spacial score (nSPS) is 11.6. The van der Waals surface area contributed by atoms with E-state index in [9.17, 15) is 8.42 Å². The van der Waals surface area contributed by atoms with Gasteiger partial charge in [0.15, 0.2) is 15.5 Å². The minimum Gasteiger partial charge on any atom is -0.323 e. The Kier molecular flexibility index (Phi) is 4.33. The van der Waals surface area contributed by atoms with Crippen LogP contribution in [0.3, 0.4) is 0 Å². The SMILES string of the molecule is CS(=O)(=O)c1ccc(Nc2nc3ccc(-c4ccccc4Cl)cn3n2)cc1. The van der Waals surface area contributed by atoms with E-state index >= 15 is 0 Å². The Bertz CT molecular complexity index is 1230. The molecule has 136 valence electrons. The van der Waals surface area contributed by atoms with E-state index in [0.29, 0.717) is 22.3 Å². The largest absolute Gasteiger partial charge is 0.323 e. The van der Waals surface area contributed by atoms with Gasteiger partial charge in [-0.2, -0.15) is 4.98 Å². The molecule has 2 heterocycles. The van der Waals surface area contributed by atoms with Crippen LogP contribution in [0.25, 0.3) is 16.8 Å². The zero-order valence-electron chi connectivity index (χ0n) is 14.3. The highest BCUT2D eigenvalue weighted by Crippen LogP contribution is 2.27.